The molecule has 10 nitrogen and oxygen atoms in total. The predicted octanol–water partition coefficient (Wildman–Crippen LogP) is -0.743. The highest BCUT2D eigenvalue weighted by Crippen LogP contribution is 2.36. The van der Waals surface area contributed by atoms with E-state index in [-0.39, 0.29) is 17.1 Å². The van der Waals surface area contributed by atoms with Gasteiger partial charge in [0.05, 0.1) is 12.7 Å². The highest BCUT2D eigenvalue weighted by Gasteiger charge is 2.27. The van der Waals surface area contributed by atoms with E-state index in [0.717, 1.165) is 0 Å². The molecule has 0 radical (unpaired) electrons. The summed E-state index contributed by atoms with van der Waals surface area (Å²) in [4.78, 5) is 39.8. The summed E-state index contributed by atoms with van der Waals surface area (Å²) in [7, 11) is -4.26. The van der Waals surface area contributed by atoms with Crippen LogP contribution in [0.5, 0.6) is 0 Å². The Bertz CT molecular complexity index is 806. The van der Waals surface area contributed by atoms with Crippen molar-refractivity contribution < 1.29 is 19.1 Å². The molecule has 0 fully saturated rings. The third-order valence-electron chi connectivity index (χ3n) is 2.98. The molecule has 4 N–H and O–H groups in total. The van der Waals surface area contributed by atoms with Crippen molar-refractivity contribution in [3.63, 3.8) is 0 Å². The summed E-state index contributed by atoms with van der Waals surface area (Å²) >= 11 is 0. The number of fused-ring (bicyclic) bond motifs is 1. The van der Waals surface area contributed by atoms with Crippen LogP contribution in [0.25, 0.3) is 11.2 Å². The molecule has 21 heavy (non-hydrogen) atoms. The highest BCUT2D eigenvalue weighted by molar-refractivity contribution is 7.51. The van der Waals surface area contributed by atoms with Gasteiger partial charge in [0.2, 0.25) is 0 Å². The lowest BCUT2D eigenvalue weighted by atomic mass is 10.3. The normalized spacial score (nSPS) is 18.6. The number of nitrogens with one attached hydrogen (secondary N) is 2. The van der Waals surface area contributed by atoms with Crippen molar-refractivity contribution in [2.24, 2.45) is 0 Å². The van der Waals surface area contributed by atoms with E-state index < -0.39 is 13.9 Å². The number of hydrogen-bond acceptors (Lipinski definition) is 6. The molecule has 1 aliphatic rings. The molecule has 0 bridgehead atoms. The summed E-state index contributed by atoms with van der Waals surface area (Å²) in [6.07, 6.45) is 3.53. The first-order valence-electron chi connectivity index (χ1n) is 5.97. The summed E-state index contributed by atoms with van der Waals surface area (Å²) in [5.74, 6) is 0.347. The molecule has 3 heterocycles. The molecular weight excluding hydrogens is 301 g/mol. The largest absolute Gasteiger partial charge is 0.482 e. The summed E-state index contributed by atoms with van der Waals surface area (Å²) in [5, 5.41) is 2.92. The van der Waals surface area contributed by atoms with Crippen LogP contribution >= 0.6 is 7.60 Å². The Balaban J connectivity index is 1.92. The van der Waals surface area contributed by atoms with Crippen molar-refractivity contribution >= 4 is 18.8 Å². The third kappa shape index (κ3) is 2.68. The van der Waals surface area contributed by atoms with Crippen LogP contribution in [0.2, 0.25) is 0 Å². The smallest absolute Gasteiger partial charge is 0.362 e. The fourth-order valence-electron chi connectivity index (χ4n) is 2.09. The monoisotopic (exact) mass is 313 g/mol. The second kappa shape index (κ2) is 4.99. The molecule has 11 heteroatoms. The number of imidazole rings is 1. The Morgan fingerprint density at radius 1 is 1.48 bits per heavy atom. The molecule has 1 aliphatic heterocycles. The fourth-order valence-corrected chi connectivity index (χ4v) is 2.41. The van der Waals surface area contributed by atoms with Gasteiger partial charge in [0.15, 0.2) is 17.5 Å². The highest BCUT2D eigenvalue weighted by atomic mass is 31.2. The van der Waals surface area contributed by atoms with Crippen molar-refractivity contribution in [3.8, 4) is 0 Å². The maximum absolute atomic E-state index is 11.6. The van der Waals surface area contributed by atoms with Gasteiger partial charge >= 0.3 is 7.60 Å². The number of aromatic amines is 1. The van der Waals surface area contributed by atoms with E-state index in [2.05, 4.69) is 20.3 Å². The molecule has 2 aromatic heterocycles. The van der Waals surface area contributed by atoms with Crippen LogP contribution in [0.4, 0.5) is 0 Å². The number of ether oxygens (including phenoxy) is 1. The van der Waals surface area contributed by atoms with Gasteiger partial charge in [-0.05, 0) is 0 Å². The van der Waals surface area contributed by atoms with Crippen LogP contribution < -0.4 is 10.9 Å². The van der Waals surface area contributed by atoms with Crippen molar-refractivity contribution in [1.29, 1.82) is 0 Å². The molecular formula is C10H12N5O5P. The maximum Gasteiger partial charge on any atom is 0.362 e. The van der Waals surface area contributed by atoms with Gasteiger partial charge in [-0.25, -0.2) is 9.97 Å². The number of hydrogen-bond donors (Lipinski definition) is 4. The summed E-state index contributed by atoms with van der Waals surface area (Å²) in [5.41, 5.74) is 0.211. The standard InChI is InChI=1S/C10H12N5O5P/c16-10-8-9(12-3-13-10)15(4-14-8)6-1-11-2-7(6)20-5-21(17,18)19/h2-4,6,11H,1,5H2,(H,12,13,16)(H2,17,18,19). The van der Waals surface area contributed by atoms with Gasteiger partial charge in [-0.15, -0.1) is 0 Å². The average molecular weight is 313 g/mol. The summed E-state index contributed by atoms with van der Waals surface area (Å²) in [6, 6.07) is -0.379. The van der Waals surface area contributed by atoms with E-state index in [9.17, 15) is 9.36 Å². The van der Waals surface area contributed by atoms with E-state index in [4.69, 9.17) is 14.5 Å². The van der Waals surface area contributed by atoms with Crippen LogP contribution in [-0.4, -0.2) is 42.2 Å². The van der Waals surface area contributed by atoms with Crippen molar-refractivity contribution in [2.75, 3.05) is 12.9 Å². The zero-order valence-electron chi connectivity index (χ0n) is 10.6. The lowest BCUT2D eigenvalue weighted by Gasteiger charge is -2.17. The zero-order chi connectivity index (χ0) is 15.0. The summed E-state index contributed by atoms with van der Waals surface area (Å²) in [6.45, 7) is 0.441. The van der Waals surface area contributed by atoms with Crippen molar-refractivity contribution in [2.45, 2.75) is 6.04 Å². The molecule has 0 saturated carbocycles. The maximum atomic E-state index is 11.6. The van der Waals surface area contributed by atoms with Gasteiger partial charge in [-0.3, -0.25) is 9.36 Å². The molecule has 0 saturated heterocycles. The lowest BCUT2D eigenvalue weighted by Crippen LogP contribution is -2.18. The van der Waals surface area contributed by atoms with Crippen molar-refractivity contribution in [3.05, 3.63) is 35.0 Å². The molecule has 112 valence electrons. The van der Waals surface area contributed by atoms with Gasteiger partial charge in [-0.1, -0.05) is 0 Å². The van der Waals surface area contributed by atoms with E-state index in [1.54, 1.807) is 4.57 Å². The molecule has 0 amide bonds. The Morgan fingerprint density at radius 2 is 2.29 bits per heavy atom. The molecule has 0 spiro atoms. The quantitative estimate of drug-likeness (QED) is 0.540. The number of rotatable bonds is 4. The van der Waals surface area contributed by atoms with E-state index >= 15 is 0 Å². The zero-order valence-corrected chi connectivity index (χ0v) is 11.5. The van der Waals surface area contributed by atoms with Crippen LogP contribution in [0.1, 0.15) is 6.04 Å². The van der Waals surface area contributed by atoms with E-state index in [1.807, 2.05) is 0 Å². The van der Waals surface area contributed by atoms with Crippen molar-refractivity contribution in [1.82, 2.24) is 24.8 Å². The molecule has 0 aromatic carbocycles. The lowest BCUT2D eigenvalue weighted by molar-refractivity contribution is 0.205. The molecule has 1 atom stereocenters. The summed E-state index contributed by atoms with van der Waals surface area (Å²) < 4.78 is 17.7. The first-order valence-corrected chi connectivity index (χ1v) is 7.76. The van der Waals surface area contributed by atoms with Gasteiger partial charge in [-0.2, -0.15) is 0 Å². The Labute approximate surface area is 117 Å². The van der Waals surface area contributed by atoms with Crippen LogP contribution in [0, 0.1) is 0 Å². The van der Waals surface area contributed by atoms with Gasteiger partial charge in [0.25, 0.3) is 5.56 Å². The minimum Gasteiger partial charge on any atom is -0.482 e. The third-order valence-corrected chi connectivity index (χ3v) is 3.45. The molecule has 0 aliphatic carbocycles. The number of nitrogens with zero attached hydrogens (tertiary/aromatic N) is 3. The van der Waals surface area contributed by atoms with Gasteiger partial charge in [0.1, 0.15) is 11.8 Å². The van der Waals surface area contributed by atoms with Crippen LogP contribution in [-0.2, 0) is 9.30 Å². The van der Waals surface area contributed by atoms with Crippen LogP contribution in [0.3, 0.4) is 0 Å². The number of aromatic nitrogens is 4. The SMILES string of the molecule is O=c1[nH]cnc2c1ncn2C1CNC=C1OCP(=O)(O)O. The Kier molecular flexibility index (Phi) is 3.28. The van der Waals surface area contributed by atoms with Gasteiger partial charge in [0, 0.05) is 12.7 Å². The van der Waals surface area contributed by atoms with Gasteiger partial charge < -0.3 is 29.4 Å². The van der Waals surface area contributed by atoms with Crippen LogP contribution in [0.15, 0.2) is 29.4 Å². The fraction of sp³-hybridized carbons (Fsp3) is 0.300. The van der Waals surface area contributed by atoms with E-state index in [1.165, 1.54) is 18.9 Å². The second-order valence-electron chi connectivity index (χ2n) is 4.46. The van der Waals surface area contributed by atoms with E-state index in [0.29, 0.717) is 18.0 Å². The topological polar surface area (TPSA) is 142 Å². The molecule has 3 rings (SSSR count). The predicted molar refractivity (Wildman–Crippen MR) is 71.3 cm³/mol. The second-order valence-corrected chi connectivity index (χ2v) is 6.05. The minimum atomic E-state index is -4.26. The number of H-pyrrole nitrogens is 1. The average Bonchev–Trinajstić information content (AvgIpc) is 3.01. The first kappa shape index (κ1) is 13.8. The molecule has 2 aromatic rings. The Morgan fingerprint density at radius 3 is 3.05 bits per heavy atom. The molecule has 1 unspecified atom stereocenters. The Hall–Kier alpha value is -2.16. The first-order chi connectivity index (χ1) is 9.96. The minimum absolute atomic E-state index is 0.193.